The van der Waals surface area contributed by atoms with Crippen LogP contribution in [0.1, 0.15) is 19.4 Å². The van der Waals surface area contributed by atoms with Crippen LogP contribution in [0.25, 0.3) is 5.69 Å². The number of urea groups is 1. The first kappa shape index (κ1) is 18.6. The van der Waals surface area contributed by atoms with E-state index in [4.69, 9.17) is 0 Å². The first-order valence-electron chi connectivity index (χ1n) is 8.60. The summed E-state index contributed by atoms with van der Waals surface area (Å²) in [7, 11) is 1.82. The van der Waals surface area contributed by atoms with Crippen molar-refractivity contribution in [1.82, 2.24) is 29.4 Å². The number of nitrogens with one attached hydrogen (secondary N) is 1. The molecule has 8 nitrogen and oxygen atoms in total. The molecule has 2 amide bonds. The summed E-state index contributed by atoms with van der Waals surface area (Å²) < 4.78 is 17.6. The van der Waals surface area contributed by atoms with Gasteiger partial charge in [0.05, 0.1) is 24.1 Å². The van der Waals surface area contributed by atoms with E-state index in [9.17, 15) is 9.18 Å². The summed E-state index contributed by atoms with van der Waals surface area (Å²) in [4.78, 5) is 14.4. The molecule has 0 aliphatic heterocycles. The van der Waals surface area contributed by atoms with Crippen molar-refractivity contribution in [1.29, 1.82) is 0 Å². The number of aryl methyl sites for hydroxylation is 1. The van der Waals surface area contributed by atoms with Crippen molar-refractivity contribution in [3.8, 4) is 5.69 Å². The minimum atomic E-state index is -0.508. The molecule has 0 aliphatic rings. The molecule has 142 valence electrons. The highest BCUT2D eigenvalue weighted by atomic mass is 19.1. The Labute approximate surface area is 156 Å². The molecule has 0 unspecified atom stereocenters. The van der Waals surface area contributed by atoms with Crippen LogP contribution in [0.2, 0.25) is 0 Å². The average Bonchev–Trinajstić information content (AvgIpc) is 3.28. The van der Waals surface area contributed by atoms with E-state index in [1.54, 1.807) is 32.5 Å². The van der Waals surface area contributed by atoms with Gasteiger partial charge in [0.1, 0.15) is 18.5 Å². The van der Waals surface area contributed by atoms with Gasteiger partial charge in [0, 0.05) is 25.4 Å². The molecule has 0 saturated heterocycles. The average molecular weight is 371 g/mol. The van der Waals surface area contributed by atoms with Gasteiger partial charge in [-0.3, -0.25) is 9.25 Å². The Morgan fingerprint density at radius 3 is 2.67 bits per heavy atom. The SMILES string of the molecule is CC(C)CN(Cc1cnn(C)c1)C(=O)Nc1cc(-n2cnnc2)ccc1F. The van der Waals surface area contributed by atoms with E-state index in [1.807, 2.05) is 27.1 Å². The van der Waals surface area contributed by atoms with Crippen LogP contribution in [-0.2, 0) is 13.6 Å². The maximum atomic E-state index is 14.2. The van der Waals surface area contributed by atoms with E-state index in [0.717, 1.165) is 5.56 Å². The molecule has 27 heavy (non-hydrogen) atoms. The van der Waals surface area contributed by atoms with E-state index < -0.39 is 5.82 Å². The zero-order chi connectivity index (χ0) is 19.4. The van der Waals surface area contributed by atoms with Crippen molar-refractivity contribution >= 4 is 11.7 Å². The lowest BCUT2D eigenvalue weighted by atomic mass is 10.2. The van der Waals surface area contributed by atoms with E-state index in [0.29, 0.717) is 18.8 Å². The van der Waals surface area contributed by atoms with Gasteiger partial charge in [-0.05, 0) is 24.1 Å². The molecule has 0 radical (unpaired) electrons. The van der Waals surface area contributed by atoms with Gasteiger partial charge in [0.25, 0.3) is 0 Å². The van der Waals surface area contributed by atoms with Crippen molar-refractivity contribution in [3.63, 3.8) is 0 Å². The monoisotopic (exact) mass is 371 g/mol. The van der Waals surface area contributed by atoms with Crippen LogP contribution in [0, 0.1) is 11.7 Å². The highest BCUT2D eigenvalue weighted by Gasteiger charge is 2.18. The largest absolute Gasteiger partial charge is 0.322 e. The maximum absolute atomic E-state index is 14.2. The number of benzene rings is 1. The molecule has 0 saturated carbocycles. The molecule has 0 spiro atoms. The second-order valence-electron chi connectivity index (χ2n) is 6.76. The molecule has 0 fully saturated rings. The summed E-state index contributed by atoms with van der Waals surface area (Å²) in [6, 6.07) is 4.08. The summed E-state index contributed by atoms with van der Waals surface area (Å²) in [5.74, 6) is -0.244. The third kappa shape index (κ3) is 4.69. The lowest BCUT2D eigenvalue weighted by molar-refractivity contribution is 0.201. The van der Waals surface area contributed by atoms with E-state index in [2.05, 4.69) is 20.6 Å². The number of rotatable bonds is 6. The minimum absolute atomic E-state index is 0.103. The van der Waals surface area contributed by atoms with Crippen LogP contribution in [0.5, 0.6) is 0 Å². The van der Waals surface area contributed by atoms with Gasteiger partial charge in [-0.1, -0.05) is 13.8 Å². The smallest absolute Gasteiger partial charge is 0.320 e. The zero-order valence-electron chi connectivity index (χ0n) is 15.5. The first-order valence-corrected chi connectivity index (χ1v) is 8.60. The highest BCUT2D eigenvalue weighted by Crippen LogP contribution is 2.20. The van der Waals surface area contributed by atoms with Gasteiger partial charge in [-0.25, -0.2) is 9.18 Å². The fourth-order valence-corrected chi connectivity index (χ4v) is 2.73. The van der Waals surface area contributed by atoms with Crippen LogP contribution in [0.3, 0.4) is 0 Å². The maximum Gasteiger partial charge on any atom is 0.322 e. The van der Waals surface area contributed by atoms with Crippen LogP contribution in [-0.4, -0.2) is 42.0 Å². The van der Waals surface area contributed by atoms with Crippen LogP contribution < -0.4 is 5.32 Å². The number of halogens is 1. The second-order valence-corrected chi connectivity index (χ2v) is 6.76. The molecule has 2 aromatic heterocycles. The van der Waals surface area contributed by atoms with Gasteiger partial charge in [0.2, 0.25) is 0 Å². The van der Waals surface area contributed by atoms with Gasteiger partial charge < -0.3 is 10.2 Å². The third-order valence-electron chi connectivity index (χ3n) is 3.91. The summed E-state index contributed by atoms with van der Waals surface area (Å²) >= 11 is 0. The molecule has 9 heteroatoms. The molecule has 1 N–H and O–H groups in total. The van der Waals surface area contributed by atoms with Crippen molar-refractivity contribution in [2.45, 2.75) is 20.4 Å². The lowest BCUT2D eigenvalue weighted by Crippen LogP contribution is -2.37. The number of aromatic nitrogens is 5. The van der Waals surface area contributed by atoms with Crippen molar-refractivity contribution in [3.05, 3.63) is 54.6 Å². The molecular formula is C18H22FN7O. The molecule has 0 aliphatic carbocycles. The molecule has 1 aromatic carbocycles. The third-order valence-corrected chi connectivity index (χ3v) is 3.91. The van der Waals surface area contributed by atoms with Crippen molar-refractivity contribution in [2.75, 3.05) is 11.9 Å². The number of amides is 2. The zero-order valence-corrected chi connectivity index (χ0v) is 15.5. The standard InChI is InChI=1S/C18H22FN7O/c1-13(2)8-25(10-14-7-22-24(3)9-14)18(27)23-17-6-15(4-5-16(17)19)26-11-20-21-12-26/h4-7,9,11-13H,8,10H2,1-3H3,(H,23,27). The second kappa shape index (κ2) is 7.98. The van der Waals surface area contributed by atoms with E-state index in [-0.39, 0.29) is 17.6 Å². The summed E-state index contributed by atoms with van der Waals surface area (Å²) in [5.41, 5.74) is 1.66. The Balaban J connectivity index is 1.79. The highest BCUT2D eigenvalue weighted by molar-refractivity contribution is 5.89. The fourth-order valence-electron chi connectivity index (χ4n) is 2.73. The van der Waals surface area contributed by atoms with Gasteiger partial charge in [0.15, 0.2) is 0 Å². The number of carbonyl (C=O) groups is 1. The van der Waals surface area contributed by atoms with Crippen molar-refractivity contribution < 1.29 is 9.18 Å². The predicted molar refractivity (Wildman–Crippen MR) is 98.8 cm³/mol. The molecule has 0 bridgehead atoms. The van der Waals surface area contributed by atoms with Crippen LogP contribution >= 0.6 is 0 Å². The van der Waals surface area contributed by atoms with Crippen molar-refractivity contribution in [2.24, 2.45) is 13.0 Å². The Morgan fingerprint density at radius 1 is 1.30 bits per heavy atom. The Morgan fingerprint density at radius 2 is 2.04 bits per heavy atom. The van der Waals surface area contributed by atoms with E-state index in [1.165, 1.54) is 18.7 Å². The lowest BCUT2D eigenvalue weighted by Gasteiger charge is -2.24. The number of nitrogens with zero attached hydrogens (tertiary/aromatic N) is 6. The van der Waals surface area contributed by atoms with Gasteiger partial charge in [-0.2, -0.15) is 5.10 Å². The topological polar surface area (TPSA) is 80.9 Å². The Kier molecular flexibility index (Phi) is 5.49. The summed E-state index contributed by atoms with van der Waals surface area (Å²) in [6.07, 6.45) is 6.58. The summed E-state index contributed by atoms with van der Waals surface area (Å²) in [5, 5.41) is 14.3. The number of anilines is 1. The normalized spacial score (nSPS) is 11.0. The molecule has 3 aromatic rings. The van der Waals surface area contributed by atoms with Gasteiger partial charge >= 0.3 is 6.03 Å². The summed E-state index contributed by atoms with van der Waals surface area (Å²) in [6.45, 7) is 4.98. The molecule has 3 rings (SSSR count). The predicted octanol–water partition coefficient (Wildman–Crippen LogP) is 2.83. The fraction of sp³-hybridized carbons (Fsp3) is 0.333. The first-order chi connectivity index (χ1) is 12.9. The molecular weight excluding hydrogens is 349 g/mol. The minimum Gasteiger partial charge on any atom is -0.320 e. The quantitative estimate of drug-likeness (QED) is 0.722. The molecule has 2 heterocycles. The Bertz CT molecular complexity index is 904. The van der Waals surface area contributed by atoms with E-state index >= 15 is 0 Å². The number of hydrogen-bond acceptors (Lipinski definition) is 4. The van der Waals surface area contributed by atoms with Crippen LogP contribution in [0.15, 0.2) is 43.2 Å². The van der Waals surface area contributed by atoms with Gasteiger partial charge in [-0.15, -0.1) is 10.2 Å². The Hall–Kier alpha value is -3.23. The number of hydrogen-bond donors (Lipinski definition) is 1. The molecule has 0 atom stereocenters. The van der Waals surface area contributed by atoms with Crippen LogP contribution in [0.4, 0.5) is 14.9 Å². The number of carbonyl (C=O) groups excluding carboxylic acids is 1.